The van der Waals surface area contributed by atoms with Crippen molar-refractivity contribution in [3.8, 4) is 0 Å². The molecule has 124 valence electrons. The number of nitrogens with zero attached hydrogens (tertiary/aromatic N) is 3. The van der Waals surface area contributed by atoms with E-state index >= 15 is 0 Å². The fourth-order valence-electron chi connectivity index (χ4n) is 3.31. The summed E-state index contributed by atoms with van der Waals surface area (Å²) in [5, 5.41) is 0. The largest absolute Gasteiger partial charge is 0.467 e. The van der Waals surface area contributed by atoms with Gasteiger partial charge in [0.25, 0.3) is 0 Å². The smallest absolute Gasteiger partial charge is 0.411 e. The van der Waals surface area contributed by atoms with Gasteiger partial charge in [0, 0.05) is 11.8 Å². The normalized spacial score (nSPS) is 20.9. The molecule has 1 saturated carbocycles. The predicted molar refractivity (Wildman–Crippen MR) is 80.3 cm³/mol. The number of aromatic nitrogens is 2. The lowest BCUT2D eigenvalue weighted by Crippen LogP contribution is -2.36. The summed E-state index contributed by atoms with van der Waals surface area (Å²) in [5.74, 6) is -0.0813. The van der Waals surface area contributed by atoms with Crippen molar-refractivity contribution in [3.05, 3.63) is 23.8 Å². The summed E-state index contributed by atoms with van der Waals surface area (Å²) in [6.45, 7) is 0.645. The Morgan fingerprint density at radius 2 is 2.09 bits per heavy atom. The summed E-state index contributed by atoms with van der Waals surface area (Å²) in [6, 6.07) is -0.824. The second kappa shape index (κ2) is 6.93. The average Bonchev–Trinajstić information content (AvgIpc) is 2.99. The molecular weight excluding hydrogens is 298 g/mol. The lowest BCUT2D eigenvalue weighted by atomic mass is 9.90. The maximum atomic E-state index is 12.4. The van der Waals surface area contributed by atoms with Crippen molar-refractivity contribution >= 4 is 12.1 Å². The molecule has 2 heterocycles. The van der Waals surface area contributed by atoms with E-state index < -0.39 is 18.1 Å². The van der Waals surface area contributed by atoms with Crippen molar-refractivity contribution in [2.24, 2.45) is 5.92 Å². The van der Waals surface area contributed by atoms with Gasteiger partial charge in [0.15, 0.2) is 6.04 Å². The van der Waals surface area contributed by atoms with Gasteiger partial charge in [-0.2, -0.15) is 0 Å². The third kappa shape index (κ3) is 3.28. The van der Waals surface area contributed by atoms with Crippen molar-refractivity contribution in [2.75, 3.05) is 13.7 Å². The number of ether oxygens (including phenoxy) is 2. The molecule has 1 atom stereocenters. The van der Waals surface area contributed by atoms with Crippen LogP contribution < -0.4 is 0 Å². The Bertz CT molecular complexity index is 586. The van der Waals surface area contributed by atoms with E-state index in [9.17, 15) is 9.59 Å². The summed E-state index contributed by atoms with van der Waals surface area (Å²) in [4.78, 5) is 34.0. The molecule has 1 aromatic heterocycles. The van der Waals surface area contributed by atoms with Gasteiger partial charge in [-0.3, -0.25) is 4.90 Å². The van der Waals surface area contributed by atoms with Gasteiger partial charge >= 0.3 is 12.1 Å². The van der Waals surface area contributed by atoms with Gasteiger partial charge < -0.3 is 9.47 Å². The molecular formula is C16H21N3O4. The first-order valence-electron chi connectivity index (χ1n) is 8.00. The molecule has 1 fully saturated rings. The van der Waals surface area contributed by atoms with E-state index in [1.807, 2.05) is 0 Å². The molecule has 7 nitrogen and oxygen atoms in total. The fourth-order valence-corrected chi connectivity index (χ4v) is 3.31. The van der Waals surface area contributed by atoms with E-state index in [0.29, 0.717) is 23.8 Å². The molecule has 3 rings (SSSR count). The zero-order valence-electron chi connectivity index (χ0n) is 13.2. The Morgan fingerprint density at radius 3 is 2.83 bits per heavy atom. The van der Waals surface area contributed by atoms with Crippen LogP contribution in [0.4, 0.5) is 4.79 Å². The van der Waals surface area contributed by atoms with Crippen LogP contribution in [0.1, 0.15) is 49.4 Å². The molecule has 0 spiro atoms. The molecule has 1 unspecified atom stereocenters. The number of hydrogen-bond acceptors (Lipinski definition) is 6. The van der Waals surface area contributed by atoms with Gasteiger partial charge in [-0.1, -0.05) is 19.3 Å². The lowest BCUT2D eigenvalue weighted by molar-refractivity contribution is -0.146. The fraction of sp³-hybridized carbons (Fsp3) is 0.625. The van der Waals surface area contributed by atoms with Crippen LogP contribution in [0.25, 0.3) is 0 Å². The second-order valence-corrected chi connectivity index (χ2v) is 6.06. The highest BCUT2D eigenvalue weighted by Crippen LogP contribution is 2.33. The van der Waals surface area contributed by atoms with E-state index in [-0.39, 0.29) is 6.54 Å². The zero-order chi connectivity index (χ0) is 16.2. The monoisotopic (exact) mass is 319 g/mol. The van der Waals surface area contributed by atoms with Crippen LogP contribution in [0.3, 0.4) is 0 Å². The first-order chi connectivity index (χ1) is 11.2. The van der Waals surface area contributed by atoms with E-state index in [0.717, 1.165) is 12.8 Å². The van der Waals surface area contributed by atoms with E-state index in [1.165, 1.54) is 37.6 Å². The summed E-state index contributed by atoms with van der Waals surface area (Å²) in [6.07, 6.45) is 8.30. The number of carbonyl (C=O) groups excluding carboxylic acids is 2. The minimum atomic E-state index is -0.824. The molecule has 2 aliphatic rings. The molecule has 7 heteroatoms. The van der Waals surface area contributed by atoms with Crippen molar-refractivity contribution in [2.45, 2.75) is 44.7 Å². The Balaban J connectivity index is 1.68. The number of rotatable bonds is 3. The molecule has 23 heavy (non-hydrogen) atoms. The number of fused-ring (bicyclic) bond motifs is 1. The van der Waals surface area contributed by atoms with Crippen LogP contribution in [0, 0.1) is 5.92 Å². The quantitative estimate of drug-likeness (QED) is 0.795. The third-order valence-electron chi connectivity index (χ3n) is 4.58. The second-order valence-electron chi connectivity index (χ2n) is 6.06. The predicted octanol–water partition coefficient (Wildman–Crippen LogP) is 2.22. The molecule has 1 amide bonds. The zero-order valence-corrected chi connectivity index (χ0v) is 13.2. The highest BCUT2D eigenvalue weighted by Gasteiger charge is 2.41. The number of amides is 1. The standard InChI is InChI=1S/C16H21N3O4/c1-22-15(20)14-12-7-17-10-18-13(12)8-19(14)16(21)23-9-11-5-3-2-4-6-11/h7,10-11,14H,2-6,8-9H2,1H3. The first kappa shape index (κ1) is 15.7. The van der Waals surface area contributed by atoms with Crippen molar-refractivity contribution < 1.29 is 19.1 Å². The highest BCUT2D eigenvalue weighted by atomic mass is 16.6. The molecule has 0 radical (unpaired) electrons. The van der Waals surface area contributed by atoms with Gasteiger partial charge in [0.1, 0.15) is 6.33 Å². The first-order valence-corrected chi connectivity index (χ1v) is 8.00. The molecule has 0 saturated heterocycles. The Hall–Kier alpha value is -2.18. The van der Waals surface area contributed by atoms with Crippen molar-refractivity contribution in [3.63, 3.8) is 0 Å². The van der Waals surface area contributed by atoms with E-state index in [4.69, 9.17) is 9.47 Å². The van der Waals surface area contributed by atoms with Crippen LogP contribution in [0.15, 0.2) is 12.5 Å². The Morgan fingerprint density at radius 1 is 1.30 bits per heavy atom. The molecule has 0 N–H and O–H groups in total. The lowest BCUT2D eigenvalue weighted by Gasteiger charge is -2.25. The van der Waals surface area contributed by atoms with Crippen LogP contribution >= 0.6 is 0 Å². The topological polar surface area (TPSA) is 81.6 Å². The summed E-state index contributed by atoms with van der Waals surface area (Å²) < 4.78 is 10.3. The van der Waals surface area contributed by atoms with Gasteiger partial charge in [-0.25, -0.2) is 19.6 Å². The SMILES string of the molecule is COC(=O)C1c2cncnc2CN1C(=O)OCC1CCCCC1. The Labute approximate surface area is 135 Å². The maximum Gasteiger partial charge on any atom is 0.411 e. The van der Waals surface area contributed by atoms with Crippen LogP contribution in [-0.2, 0) is 20.8 Å². The molecule has 0 aromatic carbocycles. The molecule has 1 aromatic rings. The number of carbonyl (C=O) groups is 2. The molecule has 1 aliphatic heterocycles. The van der Waals surface area contributed by atoms with Crippen LogP contribution in [0.5, 0.6) is 0 Å². The number of hydrogen-bond donors (Lipinski definition) is 0. The van der Waals surface area contributed by atoms with Gasteiger partial charge in [-0.05, 0) is 18.8 Å². The number of methoxy groups -OCH3 is 1. The highest BCUT2D eigenvalue weighted by molar-refractivity contribution is 5.84. The molecule has 1 aliphatic carbocycles. The minimum absolute atomic E-state index is 0.237. The van der Waals surface area contributed by atoms with Crippen LogP contribution in [0.2, 0.25) is 0 Å². The average molecular weight is 319 g/mol. The minimum Gasteiger partial charge on any atom is -0.467 e. The third-order valence-corrected chi connectivity index (χ3v) is 4.58. The van der Waals surface area contributed by atoms with E-state index in [1.54, 1.807) is 6.20 Å². The van der Waals surface area contributed by atoms with Gasteiger partial charge in [-0.15, -0.1) is 0 Å². The van der Waals surface area contributed by atoms with Gasteiger partial charge in [0.2, 0.25) is 0 Å². The molecule has 0 bridgehead atoms. The number of esters is 1. The van der Waals surface area contributed by atoms with Crippen LogP contribution in [-0.4, -0.2) is 40.6 Å². The van der Waals surface area contributed by atoms with Gasteiger partial charge in [0.05, 0.1) is 26.0 Å². The van der Waals surface area contributed by atoms with Crippen molar-refractivity contribution in [1.29, 1.82) is 0 Å². The summed E-state index contributed by atoms with van der Waals surface area (Å²) in [5.41, 5.74) is 1.26. The summed E-state index contributed by atoms with van der Waals surface area (Å²) in [7, 11) is 1.30. The van der Waals surface area contributed by atoms with E-state index in [2.05, 4.69) is 9.97 Å². The Kier molecular flexibility index (Phi) is 4.73. The summed E-state index contributed by atoms with van der Waals surface area (Å²) >= 11 is 0. The maximum absolute atomic E-state index is 12.4. The van der Waals surface area contributed by atoms with Crippen molar-refractivity contribution in [1.82, 2.24) is 14.9 Å².